The van der Waals surface area contributed by atoms with E-state index in [1.807, 2.05) is 13.0 Å². The van der Waals surface area contributed by atoms with Gasteiger partial charge in [0.05, 0.1) is 6.42 Å². The number of ether oxygens (including phenoxy) is 2. The Morgan fingerprint density at radius 1 is 1.17 bits per heavy atom. The summed E-state index contributed by atoms with van der Waals surface area (Å²) in [6.07, 6.45) is 6.31. The zero-order valence-corrected chi connectivity index (χ0v) is 22.2. The fourth-order valence-electron chi connectivity index (χ4n) is 4.96. The highest BCUT2D eigenvalue weighted by atomic mass is 32.2. The van der Waals surface area contributed by atoms with Crippen LogP contribution in [0, 0.1) is 0 Å². The first kappa shape index (κ1) is 26.3. The first-order chi connectivity index (χ1) is 17.3. The van der Waals surface area contributed by atoms with Crippen LogP contribution in [0.4, 0.5) is 0 Å². The van der Waals surface area contributed by atoms with Crippen LogP contribution in [-0.2, 0) is 24.8 Å². The van der Waals surface area contributed by atoms with Gasteiger partial charge in [-0.2, -0.15) is 0 Å². The van der Waals surface area contributed by atoms with E-state index >= 15 is 0 Å². The van der Waals surface area contributed by atoms with E-state index in [1.165, 1.54) is 35.7 Å². The second-order valence-corrected chi connectivity index (χ2v) is 11.1. The van der Waals surface area contributed by atoms with Crippen LogP contribution in [0.25, 0.3) is 0 Å². The Balaban J connectivity index is 1.68. The molecule has 1 N–H and O–H groups in total. The highest BCUT2D eigenvalue weighted by Crippen LogP contribution is 2.47. The number of aliphatic hydroxyl groups is 1. The van der Waals surface area contributed by atoms with Gasteiger partial charge in [-0.3, -0.25) is 4.79 Å². The molecule has 6 heteroatoms. The summed E-state index contributed by atoms with van der Waals surface area (Å²) in [5.41, 5.74) is 2.93. The van der Waals surface area contributed by atoms with Crippen molar-refractivity contribution >= 4 is 23.7 Å². The van der Waals surface area contributed by atoms with Crippen molar-refractivity contribution in [3.63, 3.8) is 0 Å². The lowest BCUT2D eigenvalue weighted by Crippen LogP contribution is -2.41. The number of cyclic esters (lactones) is 1. The molecule has 0 bridgehead atoms. The van der Waals surface area contributed by atoms with Crippen LogP contribution in [0.5, 0.6) is 0 Å². The minimum atomic E-state index is -1.68. The fraction of sp³-hybridized carbons (Fsp3) is 0.467. The second kappa shape index (κ2) is 11.5. The van der Waals surface area contributed by atoms with Crippen molar-refractivity contribution in [3.8, 4) is 0 Å². The van der Waals surface area contributed by atoms with E-state index < -0.39 is 17.7 Å². The monoisotopic (exact) mass is 508 g/mol. The van der Waals surface area contributed by atoms with Crippen LogP contribution in [-0.4, -0.2) is 17.0 Å². The summed E-state index contributed by atoms with van der Waals surface area (Å²) in [7, 11) is 0. The lowest BCUT2D eigenvalue weighted by Gasteiger charge is -2.36. The third-order valence-electron chi connectivity index (χ3n) is 7.04. The number of aliphatic hydroxyl groups excluding tert-OH is 1. The Morgan fingerprint density at radius 3 is 2.53 bits per heavy atom. The van der Waals surface area contributed by atoms with E-state index in [9.17, 15) is 14.7 Å². The maximum absolute atomic E-state index is 13.4. The molecular weight excluding hydrogens is 472 g/mol. The molecule has 2 aromatic rings. The Morgan fingerprint density at radius 2 is 1.89 bits per heavy atom. The van der Waals surface area contributed by atoms with Crippen LogP contribution in [0.1, 0.15) is 101 Å². The van der Waals surface area contributed by atoms with Gasteiger partial charge in [-0.1, -0.05) is 94.3 Å². The predicted octanol–water partition coefficient (Wildman–Crippen LogP) is 7.86. The number of carbonyl (C=O) groups is 2. The largest absolute Gasteiger partial charge is 0.511 e. The van der Waals surface area contributed by atoms with E-state index in [0.29, 0.717) is 23.8 Å². The number of thioether (sulfide) groups is 1. The Kier molecular flexibility index (Phi) is 8.45. The molecule has 1 heterocycles. The van der Waals surface area contributed by atoms with Crippen molar-refractivity contribution < 1.29 is 24.2 Å². The van der Waals surface area contributed by atoms with Crippen molar-refractivity contribution in [2.24, 2.45) is 0 Å². The standard InChI is InChI=1S/C30H36O5S/c1-4-5-15-27(32)34-30(23-13-7-6-8-14-23)19-25(31)28(29(33)35-30)36-26-18-22(20(2)3)16-17-24(26)21-11-9-10-12-21/h6-8,13-14,16-18,20-21,31H,4-5,9-12,15,19H2,1-3H3. The van der Waals surface area contributed by atoms with Gasteiger partial charge in [0.2, 0.25) is 0 Å². The summed E-state index contributed by atoms with van der Waals surface area (Å²) in [6, 6.07) is 15.4. The minimum absolute atomic E-state index is 0.115. The lowest BCUT2D eigenvalue weighted by atomic mass is 9.94. The van der Waals surface area contributed by atoms with Gasteiger partial charge in [0, 0.05) is 16.9 Å². The van der Waals surface area contributed by atoms with Crippen molar-refractivity contribution in [1.29, 1.82) is 0 Å². The summed E-state index contributed by atoms with van der Waals surface area (Å²) < 4.78 is 11.7. The molecule has 0 radical (unpaired) electrons. The molecule has 0 aromatic heterocycles. The molecule has 0 amide bonds. The van der Waals surface area contributed by atoms with Crippen LogP contribution in [0.15, 0.2) is 64.1 Å². The third-order valence-corrected chi connectivity index (χ3v) is 8.22. The molecule has 0 spiro atoms. The molecule has 0 saturated heterocycles. The Labute approximate surface area is 218 Å². The maximum atomic E-state index is 13.4. The summed E-state index contributed by atoms with van der Waals surface area (Å²) >= 11 is 1.27. The van der Waals surface area contributed by atoms with Crippen LogP contribution in [0.3, 0.4) is 0 Å². The number of hydrogen-bond donors (Lipinski definition) is 1. The van der Waals surface area contributed by atoms with Gasteiger partial charge in [0.15, 0.2) is 0 Å². The molecule has 4 rings (SSSR count). The smallest absolute Gasteiger partial charge is 0.352 e. The van der Waals surface area contributed by atoms with Crippen LogP contribution in [0.2, 0.25) is 0 Å². The van der Waals surface area contributed by atoms with E-state index in [0.717, 1.165) is 24.2 Å². The fourth-order valence-corrected chi connectivity index (χ4v) is 6.04. The molecule has 2 aliphatic rings. The van der Waals surface area contributed by atoms with E-state index in [1.54, 1.807) is 24.3 Å². The molecule has 2 aromatic carbocycles. The average Bonchev–Trinajstić information content (AvgIpc) is 3.40. The van der Waals surface area contributed by atoms with Gasteiger partial charge < -0.3 is 14.6 Å². The zero-order valence-electron chi connectivity index (χ0n) is 21.4. The van der Waals surface area contributed by atoms with Crippen molar-refractivity contribution in [2.45, 2.75) is 94.7 Å². The van der Waals surface area contributed by atoms with E-state index in [-0.39, 0.29) is 23.5 Å². The van der Waals surface area contributed by atoms with Crippen LogP contribution >= 0.6 is 11.8 Å². The molecule has 1 aliphatic heterocycles. The number of hydrogen-bond acceptors (Lipinski definition) is 6. The van der Waals surface area contributed by atoms with Crippen molar-refractivity contribution in [2.75, 3.05) is 0 Å². The minimum Gasteiger partial charge on any atom is -0.511 e. The molecule has 1 saturated carbocycles. The average molecular weight is 509 g/mol. The van der Waals surface area contributed by atoms with Crippen molar-refractivity contribution in [3.05, 3.63) is 75.9 Å². The molecule has 36 heavy (non-hydrogen) atoms. The number of rotatable bonds is 9. The highest BCUT2D eigenvalue weighted by Gasteiger charge is 2.47. The van der Waals surface area contributed by atoms with Gasteiger partial charge >= 0.3 is 11.9 Å². The van der Waals surface area contributed by atoms with Gasteiger partial charge in [-0.15, -0.1) is 0 Å². The third kappa shape index (κ3) is 5.80. The molecule has 1 aliphatic carbocycles. The molecule has 1 fully saturated rings. The number of benzene rings is 2. The SMILES string of the molecule is CCCCC(=O)OC1(c2ccccc2)CC(O)=C(Sc2cc(C(C)C)ccc2C2CCCC2)C(=O)O1. The molecule has 1 unspecified atom stereocenters. The normalized spacial score (nSPS) is 20.6. The predicted molar refractivity (Wildman–Crippen MR) is 142 cm³/mol. The van der Waals surface area contributed by atoms with Gasteiger partial charge in [0.25, 0.3) is 5.79 Å². The maximum Gasteiger partial charge on any atom is 0.352 e. The quantitative estimate of drug-likeness (QED) is 0.348. The second-order valence-electron chi connectivity index (χ2n) is 10.1. The van der Waals surface area contributed by atoms with E-state index in [4.69, 9.17) is 9.47 Å². The molecule has 1 atom stereocenters. The Bertz CT molecular complexity index is 1120. The molecule has 192 valence electrons. The zero-order chi connectivity index (χ0) is 25.7. The Hall–Kier alpha value is -2.73. The topological polar surface area (TPSA) is 72.8 Å². The first-order valence-electron chi connectivity index (χ1n) is 13.1. The number of carbonyl (C=O) groups excluding carboxylic acids is 2. The first-order valence-corrected chi connectivity index (χ1v) is 13.9. The molecular formula is C30H36O5S. The summed E-state index contributed by atoms with van der Waals surface area (Å²) in [5.74, 6) is -2.12. The highest BCUT2D eigenvalue weighted by molar-refractivity contribution is 8.04. The van der Waals surface area contributed by atoms with Gasteiger partial charge in [-0.25, -0.2) is 4.79 Å². The summed E-state index contributed by atoms with van der Waals surface area (Å²) in [5, 5.41) is 11.2. The number of unbranched alkanes of at least 4 members (excludes halogenated alkanes) is 1. The number of esters is 2. The van der Waals surface area contributed by atoms with Crippen molar-refractivity contribution in [1.82, 2.24) is 0 Å². The summed E-state index contributed by atoms with van der Waals surface area (Å²) in [6.45, 7) is 6.28. The summed E-state index contributed by atoms with van der Waals surface area (Å²) in [4.78, 5) is 27.1. The van der Waals surface area contributed by atoms with Gasteiger partial charge in [0.1, 0.15) is 10.7 Å². The van der Waals surface area contributed by atoms with Gasteiger partial charge in [-0.05, 0) is 48.3 Å². The van der Waals surface area contributed by atoms with E-state index in [2.05, 4.69) is 32.0 Å². The van der Waals surface area contributed by atoms with Crippen LogP contribution < -0.4 is 0 Å². The lowest BCUT2D eigenvalue weighted by molar-refractivity contribution is -0.237. The molecule has 5 nitrogen and oxygen atoms in total.